The van der Waals surface area contributed by atoms with Gasteiger partial charge in [0.1, 0.15) is 0 Å². The molecule has 1 atom stereocenters. The highest BCUT2D eigenvalue weighted by Gasteiger charge is 2.54. The van der Waals surface area contributed by atoms with Crippen LogP contribution in [0.2, 0.25) is 0 Å². The summed E-state index contributed by atoms with van der Waals surface area (Å²) in [5, 5.41) is 0. The van der Waals surface area contributed by atoms with Crippen molar-refractivity contribution in [1.29, 1.82) is 0 Å². The smallest absolute Gasteiger partial charge is 0.00403 e. The molecule has 0 aliphatic heterocycles. The van der Waals surface area contributed by atoms with Crippen molar-refractivity contribution in [3.05, 3.63) is 24.0 Å². The van der Waals surface area contributed by atoms with Gasteiger partial charge in [-0.2, -0.15) is 0 Å². The summed E-state index contributed by atoms with van der Waals surface area (Å²) in [6, 6.07) is 2.29. The molecule has 4 saturated carbocycles. The number of hydrogen-bond acceptors (Lipinski definition) is 1. The van der Waals surface area contributed by atoms with Gasteiger partial charge in [-0.1, -0.05) is 0 Å². The quantitative estimate of drug-likeness (QED) is 0.850. The van der Waals surface area contributed by atoms with Crippen LogP contribution in [0.3, 0.4) is 0 Å². The van der Waals surface area contributed by atoms with Gasteiger partial charge in [0.05, 0.1) is 0 Å². The highest BCUT2D eigenvalue weighted by molar-refractivity contribution is 5.21. The van der Waals surface area contributed by atoms with Gasteiger partial charge in [-0.25, -0.2) is 0 Å². The van der Waals surface area contributed by atoms with E-state index in [1.807, 2.05) is 0 Å². The number of rotatable bonds is 4. The first-order chi connectivity index (χ1) is 9.29. The lowest BCUT2D eigenvalue weighted by Gasteiger charge is -2.59. The van der Waals surface area contributed by atoms with E-state index in [1.54, 1.807) is 0 Å². The fourth-order valence-electron chi connectivity index (χ4n) is 6.15. The average Bonchev–Trinajstić information content (AvgIpc) is 2.87. The normalized spacial score (nSPS) is 41.6. The minimum absolute atomic E-state index is 0.594. The maximum Gasteiger partial charge on any atom is 0.00403 e. The van der Waals surface area contributed by atoms with Gasteiger partial charge in [0.2, 0.25) is 0 Å². The average molecular weight is 258 g/mol. The molecule has 104 valence electrons. The molecule has 0 saturated heterocycles. The third kappa shape index (κ3) is 1.87. The van der Waals surface area contributed by atoms with Crippen LogP contribution in [0.4, 0.5) is 0 Å². The van der Waals surface area contributed by atoms with Gasteiger partial charge in [0, 0.05) is 12.4 Å². The Morgan fingerprint density at radius 1 is 1.16 bits per heavy atom. The minimum atomic E-state index is 0.594. The van der Waals surface area contributed by atoms with Crippen LogP contribution in [0.25, 0.3) is 0 Å². The summed E-state index contributed by atoms with van der Waals surface area (Å²) < 4.78 is 0. The van der Waals surface area contributed by atoms with E-state index in [1.165, 1.54) is 50.5 Å². The monoisotopic (exact) mass is 258 g/mol. The minimum Gasteiger partial charge on any atom is -0.367 e. The topological polar surface area (TPSA) is 41.8 Å². The standard InChI is InChI=1S/C17H26N2/c18-3-1-16(15-2-4-19-11-15)17-8-12-5-13(9-17)7-14(6-12)10-17/h2,4,11-14,16,19H,1,3,5-10,18H2. The molecule has 1 heterocycles. The second-order valence-electron chi connectivity index (χ2n) is 7.55. The Bertz CT molecular complexity index is 399. The van der Waals surface area contributed by atoms with Crippen molar-refractivity contribution in [3.8, 4) is 0 Å². The molecule has 19 heavy (non-hydrogen) atoms. The third-order valence-electron chi connectivity index (χ3n) is 6.30. The number of aromatic amines is 1. The van der Waals surface area contributed by atoms with Crippen molar-refractivity contribution in [2.75, 3.05) is 6.54 Å². The van der Waals surface area contributed by atoms with Crippen LogP contribution in [0.1, 0.15) is 56.4 Å². The highest BCUT2D eigenvalue weighted by Crippen LogP contribution is 2.65. The molecule has 0 aromatic carbocycles. The fraction of sp³-hybridized carbons (Fsp3) is 0.765. The number of nitrogens with two attached hydrogens (primary N) is 1. The van der Waals surface area contributed by atoms with E-state index in [9.17, 15) is 0 Å². The summed E-state index contributed by atoms with van der Waals surface area (Å²) in [5.41, 5.74) is 8.06. The van der Waals surface area contributed by atoms with Crippen LogP contribution in [-0.4, -0.2) is 11.5 Å². The molecule has 0 amide bonds. The van der Waals surface area contributed by atoms with Gasteiger partial charge >= 0.3 is 0 Å². The zero-order valence-electron chi connectivity index (χ0n) is 11.8. The van der Waals surface area contributed by atoms with E-state index >= 15 is 0 Å². The van der Waals surface area contributed by atoms with E-state index in [2.05, 4.69) is 23.4 Å². The van der Waals surface area contributed by atoms with Gasteiger partial charge in [-0.15, -0.1) is 0 Å². The van der Waals surface area contributed by atoms with E-state index in [0.717, 1.165) is 24.3 Å². The Kier molecular flexibility index (Phi) is 2.77. The van der Waals surface area contributed by atoms with Gasteiger partial charge in [-0.05, 0) is 92.2 Å². The van der Waals surface area contributed by atoms with Gasteiger partial charge in [0.15, 0.2) is 0 Å². The Hall–Kier alpha value is -0.760. The summed E-state index contributed by atoms with van der Waals surface area (Å²) in [6.45, 7) is 0.831. The zero-order chi connectivity index (χ0) is 12.9. The van der Waals surface area contributed by atoms with Crippen molar-refractivity contribution in [2.45, 2.75) is 50.9 Å². The van der Waals surface area contributed by atoms with Gasteiger partial charge < -0.3 is 10.7 Å². The summed E-state index contributed by atoms with van der Waals surface area (Å²) in [6.07, 6.45) is 14.5. The molecule has 4 bridgehead atoms. The molecule has 1 aromatic rings. The second kappa shape index (κ2) is 4.37. The van der Waals surface area contributed by atoms with E-state index in [4.69, 9.17) is 5.73 Å². The SMILES string of the molecule is NCCC(c1cc[nH]c1)C12CC3CC(CC(C3)C1)C2. The largest absolute Gasteiger partial charge is 0.367 e. The number of nitrogens with one attached hydrogen (secondary N) is 1. The number of hydrogen-bond donors (Lipinski definition) is 2. The first-order valence-corrected chi connectivity index (χ1v) is 8.12. The predicted molar refractivity (Wildman–Crippen MR) is 77.8 cm³/mol. The first kappa shape index (κ1) is 12.0. The molecule has 1 unspecified atom stereocenters. The molecule has 4 aliphatic carbocycles. The van der Waals surface area contributed by atoms with Crippen molar-refractivity contribution < 1.29 is 0 Å². The van der Waals surface area contributed by atoms with Crippen LogP contribution in [-0.2, 0) is 0 Å². The summed E-state index contributed by atoms with van der Waals surface area (Å²) >= 11 is 0. The van der Waals surface area contributed by atoms with E-state index < -0.39 is 0 Å². The highest BCUT2D eigenvalue weighted by atomic mass is 14.7. The zero-order valence-corrected chi connectivity index (χ0v) is 11.8. The maximum atomic E-state index is 5.94. The molecule has 2 nitrogen and oxygen atoms in total. The Balaban J connectivity index is 1.68. The number of H-pyrrole nitrogens is 1. The maximum absolute atomic E-state index is 5.94. The molecule has 3 N–H and O–H groups in total. The molecular formula is C17H26N2. The van der Waals surface area contributed by atoms with Crippen molar-refractivity contribution in [1.82, 2.24) is 4.98 Å². The lowest BCUT2D eigenvalue weighted by atomic mass is 9.45. The van der Waals surface area contributed by atoms with Crippen LogP contribution in [0.5, 0.6) is 0 Å². The lowest BCUT2D eigenvalue weighted by Crippen LogP contribution is -2.49. The molecule has 0 radical (unpaired) electrons. The lowest BCUT2D eigenvalue weighted by molar-refractivity contribution is -0.0697. The Morgan fingerprint density at radius 3 is 2.26 bits per heavy atom. The van der Waals surface area contributed by atoms with Crippen LogP contribution in [0, 0.1) is 23.2 Å². The predicted octanol–water partition coefficient (Wildman–Crippen LogP) is 3.66. The van der Waals surface area contributed by atoms with Crippen LogP contribution in [0.15, 0.2) is 18.5 Å². The third-order valence-corrected chi connectivity index (χ3v) is 6.30. The summed E-state index contributed by atoms with van der Waals surface area (Å²) in [4.78, 5) is 3.26. The van der Waals surface area contributed by atoms with Gasteiger partial charge in [0.25, 0.3) is 0 Å². The molecule has 4 aliphatic rings. The summed E-state index contributed by atoms with van der Waals surface area (Å²) in [5.74, 6) is 3.80. The fourth-order valence-corrected chi connectivity index (χ4v) is 6.15. The summed E-state index contributed by atoms with van der Waals surface area (Å²) in [7, 11) is 0. The Morgan fingerprint density at radius 2 is 1.79 bits per heavy atom. The van der Waals surface area contributed by atoms with Crippen molar-refractivity contribution >= 4 is 0 Å². The molecule has 1 aromatic heterocycles. The Labute approximate surface area is 116 Å². The molecule has 5 rings (SSSR count). The molecule has 2 heteroatoms. The van der Waals surface area contributed by atoms with Crippen LogP contribution >= 0.6 is 0 Å². The second-order valence-corrected chi connectivity index (χ2v) is 7.55. The van der Waals surface area contributed by atoms with Crippen LogP contribution < -0.4 is 5.73 Å². The molecular weight excluding hydrogens is 232 g/mol. The van der Waals surface area contributed by atoms with Crippen molar-refractivity contribution in [2.24, 2.45) is 28.9 Å². The van der Waals surface area contributed by atoms with E-state index in [0.29, 0.717) is 11.3 Å². The molecule has 0 spiro atoms. The number of aromatic nitrogens is 1. The first-order valence-electron chi connectivity index (χ1n) is 8.12. The molecule has 4 fully saturated rings. The van der Waals surface area contributed by atoms with Crippen molar-refractivity contribution in [3.63, 3.8) is 0 Å². The van der Waals surface area contributed by atoms with E-state index in [-0.39, 0.29) is 0 Å². The van der Waals surface area contributed by atoms with Gasteiger partial charge in [-0.3, -0.25) is 0 Å².